The number of likely N-dealkylation sites (N-methyl/N-ethyl adjacent to an activating group) is 1. The maximum atomic E-state index is 6.96. The van der Waals surface area contributed by atoms with E-state index in [0.717, 1.165) is 17.6 Å². The van der Waals surface area contributed by atoms with Crippen LogP contribution >= 0.6 is 0 Å². The van der Waals surface area contributed by atoms with Gasteiger partial charge in [-0.15, -0.1) is 6.42 Å². The van der Waals surface area contributed by atoms with Gasteiger partial charge in [0.15, 0.2) is 18.3 Å². The summed E-state index contributed by atoms with van der Waals surface area (Å²) >= 11 is 0. The Hall–Kier alpha value is -4.13. The minimum Gasteiger partial charge on any atom is -0.493 e. The minimum atomic E-state index is -0.628. The number of aryl methyl sites for hydroxylation is 1. The maximum Gasteiger partial charge on any atom is 0.189 e. The molecule has 3 heterocycles. The summed E-state index contributed by atoms with van der Waals surface area (Å²) < 4.78 is 25.0. The molecule has 9 heteroatoms. The number of imidazole rings is 1. The Bertz CT molecular complexity index is 1320. The summed E-state index contributed by atoms with van der Waals surface area (Å²) in [4.78, 5) is 6.26. The molecule has 214 valence electrons. The van der Waals surface area contributed by atoms with Gasteiger partial charge in [0.1, 0.15) is 23.8 Å². The quantitative estimate of drug-likeness (QED) is 0.228. The Labute approximate surface area is 238 Å². The number of aromatic nitrogens is 2. The highest BCUT2D eigenvalue weighted by Crippen LogP contribution is 2.38. The normalized spacial score (nSPS) is 27.3. The Morgan fingerprint density at radius 3 is 2.52 bits per heavy atom. The van der Waals surface area contributed by atoms with Crippen LogP contribution < -0.4 is 10.9 Å². The number of hydrogen-bond donors (Lipinski definition) is 1. The van der Waals surface area contributed by atoms with Gasteiger partial charge < -0.3 is 28.4 Å². The van der Waals surface area contributed by atoms with Gasteiger partial charge in [0.25, 0.3) is 0 Å². The molecule has 0 bridgehead atoms. The highest BCUT2D eigenvalue weighted by molar-refractivity contribution is 5.57. The molecule has 3 rings (SSSR count). The van der Waals surface area contributed by atoms with Gasteiger partial charge in [-0.2, -0.15) is 0 Å². The van der Waals surface area contributed by atoms with Gasteiger partial charge in [0.05, 0.1) is 26.7 Å². The number of allylic oxidation sites excluding steroid dienone is 6. The minimum absolute atomic E-state index is 0.172. The Morgan fingerprint density at radius 1 is 1.27 bits per heavy atom. The van der Waals surface area contributed by atoms with Crippen LogP contribution in [0.15, 0.2) is 95.3 Å². The third-order valence-electron chi connectivity index (χ3n) is 7.16. The largest absolute Gasteiger partial charge is 0.493 e. The fourth-order valence-corrected chi connectivity index (χ4v) is 4.73. The lowest BCUT2D eigenvalue weighted by molar-refractivity contribution is 0.0553. The lowest BCUT2D eigenvalue weighted by Gasteiger charge is -2.42. The van der Waals surface area contributed by atoms with Crippen LogP contribution in [0.1, 0.15) is 27.2 Å². The molecule has 1 saturated heterocycles. The lowest BCUT2D eigenvalue weighted by Crippen LogP contribution is -2.54. The van der Waals surface area contributed by atoms with Crippen molar-refractivity contribution < 1.29 is 18.9 Å². The number of rotatable bonds is 7. The summed E-state index contributed by atoms with van der Waals surface area (Å²) in [5, 5.41) is 1.64. The van der Waals surface area contributed by atoms with Crippen LogP contribution in [-0.2, 0) is 26.0 Å². The Kier molecular flexibility index (Phi) is 10.1. The van der Waals surface area contributed by atoms with E-state index in [1.165, 1.54) is 0 Å². The molecule has 3 atom stereocenters. The van der Waals surface area contributed by atoms with E-state index in [4.69, 9.17) is 31.2 Å². The standard InChI is InChI=1S/C31H41N5O4/c1-11-13-26(37-9)30(38-10)29-21(4)20(3)14-15-24(12-2)25(16-27-23(6)39-19-40-27)22(5)35(8)31(29)36(32)28-17-33-18-34(28)7/h2,13-18,21,23,31H,3,5,11,19,32H2,1,4,6-10H3/b15-14-,25-24-,26-13+,27-16+,30-29-. The zero-order chi connectivity index (χ0) is 29.6. The number of hydrazine groups is 1. The van der Waals surface area contributed by atoms with E-state index in [1.54, 1.807) is 31.8 Å². The third kappa shape index (κ3) is 6.03. The molecule has 40 heavy (non-hydrogen) atoms. The van der Waals surface area contributed by atoms with Crippen LogP contribution in [0.3, 0.4) is 0 Å². The topological polar surface area (TPSA) is 87.2 Å². The van der Waals surface area contributed by atoms with E-state index in [0.29, 0.717) is 39.9 Å². The fourth-order valence-electron chi connectivity index (χ4n) is 4.73. The molecule has 2 aliphatic rings. The number of nitrogens with zero attached hydrogens (tertiary/aromatic N) is 4. The van der Waals surface area contributed by atoms with E-state index in [-0.39, 0.29) is 18.8 Å². The molecule has 0 aliphatic carbocycles. The van der Waals surface area contributed by atoms with Crippen LogP contribution in [0.5, 0.6) is 0 Å². The molecule has 0 amide bonds. The van der Waals surface area contributed by atoms with Gasteiger partial charge >= 0.3 is 0 Å². The van der Waals surface area contributed by atoms with E-state index in [9.17, 15) is 0 Å². The average Bonchev–Trinajstić information content (AvgIpc) is 3.56. The summed E-state index contributed by atoms with van der Waals surface area (Å²) in [6.45, 7) is 15.0. The van der Waals surface area contributed by atoms with E-state index < -0.39 is 6.17 Å². The first-order valence-corrected chi connectivity index (χ1v) is 13.1. The molecule has 9 nitrogen and oxygen atoms in total. The molecular formula is C31H41N5O4. The van der Waals surface area contributed by atoms with Crippen molar-refractivity contribution in [3.63, 3.8) is 0 Å². The zero-order valence-electron chi connectivity index (χ0n) is 24.6. The second-order valence-corrected chi connectivity index (χ2v) is 9.59. The summed E-state index contributed by atoms with van der Waals surface area (Å²) in [6, 6.07) is 0. The van der Waals surface area contributed by atoms with E-state index >= 15 is 0 Å². The molecule has 2 aliphatic heterocycles. The number of hydrogen-bond acceptors (Lipinski definition) is 8. The van der Waals surface area contributed by atoms with Crippen molar-refractivity contribution in [3.8, 4) is 12.3 Å². The predicted molar refractivity (Wildman–Crippen MR) is 158 cm³/mol. The van der Waals surface area contributed by atoms with Crippen LogP contribution in [0.4, 0.5) is 5.82 Å². The van der Waals surface area contributed by atoms with Crippen LogP contribution in [0.2, 0.25) is 0 Å². The van der Waals surface area contributed by atoms with Gasteiger partial charge in [-0.05, 0) is 37.1 Å². The van der Waals surface area contributed by atoms with Crippen molar-refractivity contribution in [2.24, 2.45) is 18.8 Å². The predicted octanol–water partition coefficient (Wildman–Crippen LogP) is 4.68. The molecule has 3 unspecified atom stereocenters. The zero-order valence-corrected chi connectivity index (χ0v) is 24.6. The molecule has 0 spiro atoms. The van der Waals surface area contributed by atoms with Crippen molar-refractivity contribution >= 4 is 5.82 Å². The van der Waals surface area contributed by atoms with Gasteiger partial charge in [-0.3, -0.25) is 5.01 Å². The second kappa shape index (κ2) is 13.3. The first kappa shape index (κ1) is 30.4. The molecule has 1 aromatic heterocycles. The first-order chi connectivity index (χ1) is 19.1. The molecular weight excluding hydrogens is 506 g/mol. The van der Waals surface area contributed by atoms with Crippen molar-refractivity contribution in [3.05, 3.63) is 95.3 Å². The van der Waals surface area contributed by atoms with Crippen molar-refractivity contribution in [2.45, 2.75) is 39.5 Å². The number of methoxy groups -OCH3 is 2. The second-order valence-electron chi connectivity index (χ2n) is 9.59. The van der Waals surface area contributed by atoms with Crippen molar-refractivity contribution in [1.29, 1.82) is 0 Å². The van der Waals surface area contributed by atoms with E-state index in [2.05, 4.69) is 31.0 Å². The Balaban J connectivity index is 2.40. The van der Waals surface area contributed by atoms with Gasteiger partial charge in [0, 0.05) is 42.4 Å². The smallest absolute Gasteiger partial charge is 0.189 e. The highest BCUT2D eigenvalue weighted by Gasteiger charge is 2.37. The van der Waals surface area contributed by atoms with Crippen molar-refractivity contribution in [1.82, 2.24) is 14.5 Å². The summed E-state index contributed by atoms with van der Waals surface area (Å²) in [5.41, 5.74) is 3.53. The summed E-state index contributed by atoms with van der Waals surface area (Å²) in [6.07, 6.45) is 16.9. The molecule has 0 radical (unpaired) electrons. The molecule has 1 aromatic rings. The SMILES string of the molecule is C#CC1=C(\C=C2\OCOC2C)C(=C)N(C)C(N(N)c2cncn2C)/C(=C(OC)/C(=C\CC)OC)C(C)C(=C)/C=C\1. The van der Waals surface area contributed by atoms with Gasteiger partial charge in [-0.1, -0.05) is 39.0 Å². The van der Waals surface area contributed by atoms with Crippen LogP contribution in [0.25, 0.3) is 0 Å². The molecule has 2 N–H and O–H groups in total. The summed E-state index contributed by atoms with van der Waals surface area (Å²) in [5.74, 6) is 12.0. The number of nitrogens with two attached hydrogens (primary N) is 1. The molecule has 1 fully saturated rings. The number of anilines is 1. The first-order valence-electron chi connectivity index (χ1n) is 13.1. The fraction of sp³-hybridized carbons (Fsp3) is 0.387. The van der Waals surface area contributed by atoms with Crippen LogP contribution in [-0.4, -0.2) is 54.8 Å². The Morgan fingerprint density at radius 2 is 2.00 bits per heavy atom. The highest BCUT2D eigenvalue weighted by atomic mass is 16.7. The van der Waals surface area contributed by atoms with Crippen LogP contribution in [0, 0.1) is 18.3 Å². The third-order valence-corrected chi connectivity index (χ3v) is 7.16. The average molecular weight is 548 g/mol. The van der Waals surface area contributed by atoms with E-state index in [1.807, 2.05) is 61.7 Å². The lowest BCUT2D eigenvalue weighted by atomic mass is 9.86. The van der Waals surface area contributed by atoms with Crippen molar-refractivity contribution in [2.75, 3.05) is 33.1 Å². The maximum absolute atomic E-state index is 6.96. The number of terminal acetylenes is 1. The van der Waals surface area contributed by atoms with Gasteiger partial charge in [-0.25, -0.2) is 10.8 Å². The summed E-state index contributed by atoms with van der Waals surface area (Å²) in [7, 11) is 7.04. The van der Waals surface area contributed by atoms with Gasteiger partial charge in [0.2, 0.25) is 0 Å². The molecule has 0 aromatic carbocycles. The monoisotopic (exact) mass is 547 g/mol. The molecule has 0 saturated carbocycles. The number of ether oxygens (including phenoxy) is 4.